The topological polar surface area (TPSA) is 39.1 Å². The minimum Gasteiger partial charge on any atom is -0.383 e. The summed E-state index contributed by atoms with van der Waals surface area (Å²) in [5.74, 6) is 1.66. The monoisotopic (exact) mass is 265 g/mol. The molecule has 0 aromatic carbocycles. The molecule has 4 heteroatoms. The SMILES string of the molecule is COCCn1cc(NC(CCC(C)C)C2CC2)cn1. The maximum Gasteiger partial charge on any atom is 0.0728 e. The van der Waals surface area contributed by atoms with Crippen LogP contribution in [0.3, 0.4) is 0 Å². The van der Waals surface area contributed by atoms with E-state index in [1.54, 1.807) is 7.11 Å². The lowest BCUT2D eigenvalue weighted by molar-refractivity contribution is 0.183. The van der Waals surface area contributed by atoms with E-state index >= 15 is 0 Å². The first-order valence-corrected chi connectivity index (χ1v) is 7.47. The summed E-state index contributed by atoms with van der Waals surface area (Å²) in [6.45, 7) is 6.12. The van der Waals surface area contributed by atoms with Crippen LogP contribution in [0.5, 0.6) is 0 Å². The molecule has 0 spiro atoms. The van der Waals surface area contributed by atoms with Gasteiger partial charge in [-0.15, -0.1) is 0 Å². The molecule has 0 amide bonds. The number of methoxy groups -OCH3 is 1. The van der Waals surface area contributed by atoms with Crippen LogP contribution in [-0.4, -0.2) is 29.5 Å². The van der Waals surface area contributed by atoms with E-state index in [9.17, 15) is 0 Å². The Hall–Kier alpha value is -1.03. The molecule has 1 aliphatic rings. The minimum atomic E-state index is 0.627. The molecule has 1 unspecified atom stereocenters. The molecule has 1 atom stereocenters. The predicted molar refractivity (Wildman–Crippen MR) is 78.3 cm³/mol. The van der Waals surface area contributed by atoms with Crippen molar-refractivity contribution in [1.82, 2.24) is 9.78 Å². The first-order chi connectivity index (χ1) is 9.19. The Balaban J connectivity index is 1.84. The lowest BCUT2D eigenvalue weighted by Gasteiger charge is -2.19. The lowest BCUT2D eigenvalue weighted by atomic mass is 10.0. The second kappa shape index (κ2) is 6.94. The molecule has 108 valence electrons. The van der Waals surface area contributed by atoms with Gasteiger partial charge in [-0.25, -0.2) is 0 Å². The van der Waals surface area contributed by atoms with E-state index in [1.165, 1.54) is 25.7 Å². The third-order valence-corrected chi connectivity index (χ3v) is 3.76. The first kappa shape index (κ1) is 14.4. The van der Waals surface area contributed by atoms with Crippen molar-refractivity contribution in [3.63, 3.8) is 0 Å². The van der Waals surface area contributed by atoms with E-state index in [0.29, 0.717) is 12.6 Å². The van der Waals surface area contributed by atoms with Gasteiger partial charge in [-0.1, -0.05) is 13.8 Å². The normalized spacial score (nSPS) is 16.8. The van der Waals surface area contributed by atoms with E-state index in [2.05, 4.69) is 30.5 Å². The fraction of sp³-hybridized carbons (Fsp3) is 0.800. The average Bonchev–Trinajstić information content (AvgIpc) is 3.13. The highest BCUT2D eigenvalue weighted by Gasteiger charge is 2.31. The number of rotatable bonds is 9. The van der Waals surface area contributed by atoms with Gasteiger partial charge in [0.05, 0.1) is 25.0 Å². The molecule has 19 heavy (non-hydrogen) atoms. The summed E-state index contributed by atoms with van der Waals surface area (Å²) in [5, 5.41) is 8.02. The van der Waals surface area contributed by atoms with Crippen LogP contribution in [0.2, 0.25) is 0 Å². The molecule has 1 heterocycles. The van der Waals surface area contributed by atoms with Crippen molar-refractivity contribution in [3.05, 3.63) is 12.4 Å². The summed E-state index contributed by atoms with van der Waals surface area (Å²) in [5.41, 5.74) is 1.15. The molecule has 0 aliphatic heterocycles. The molecule has 0 saturated heterocycles. The first-order valence-electron chi connectivity index (χ1n) is 7.47. The van der Waals surface area contributed by atoms with Crippen molar-refractivity contribution in [2.24, 2.45) is 11.8 Å². The van der Waals surface area contributed by atoms with Crippen molar-refractivity contribution in [3.8, 4) is 0 Å². The van der Waals surface area contributed by atoms with Crippen LogP contribution < -0.4 is 5.32 Å². The Bertz CT molecular complexity index is 371. The highest BCUT2D eigenvalue weighted by Crippen LogP contribution is 2.36. The van der Waals surface area contributed by atoms with E-state index in [4.69, 9.17) is 4.74 Å². The Morgan fingerprint density at radius 3 is 2.84 bits per heavy atom. The van der Waals surface area contributed by atoms with Crippen LogP contribution >= 0.6 is 0 Å². The zero-order chi connectivity index (χ0) is 13.7. The van der Waals surface area contributed by atoms with E-state index in [1.807, 2.05) is 10.9 Å². The highest BCUT2D eigenvalue weighted by atomic mass is 16.5. The Labute approximate surface area is 116 Å². The minimum absolute atomic E-state index is 0.627. The number of hydrogen-bond donors (Lipinski definition) is 1. The Kier molecular flexibility index (Phi) is 5.25. The summed E-state index contributed by atoms with van der Waals surface area (Å²) in [6.07, 6.45) is 9.35. The van der Waals surface area contributed by atoms with Gasteiger partial charge in [0.1, 0.15) is 0 Å². The number of nitrogens with zero attached hydrogens (tertiary/aromatic N) is 2. The molecule has 0 radical (unpaired) electrons. The van der Waals surface area contributed by atoms with Gasteiger partial charge in [0.15, 0.2) is 0 Å². The second-order valence-corrected chi connectivity index (χ2v) is 6.04. The average molecular weight is 265 g/mol. The van der Waals surface area contributed by atoms with Crippen molar-refractivity contribution in [2.75, 3.05) is 19.0 Å². The Morgan fingerprint density at radius 2 is 2.21 bits per heavy atom. The van der Waals surface area contributed by atoms with Gasteiger partial charge < -0.3 is 10.1 Å². The maximum atomic E-state index is 5.07. The van der Waals surface area contributed by atoms with Crippen LogP contribution in [0, 0.1) is 11.8 Å². The molecule has 0 bridgehead atoms. The maximum absolute atomic E-state index is 5.07. The number of anilines is 1. The summed E-state index contributed by atoms with van der Waals surface area (Å²) in [7, 11) is 1.72. The van der Waals surface area contributed by atoms with Crippen LogP contribution in [0.15, 0.2) is 12.4 Å². The van der Waals surface area contributed by atoms with Crippen LogP contribution in [-0.2, 0) is 11.3 Å². The van der Waals surface area contributed by atoms with Gasteiger partial charge in [-0.3, -0.25) is 4.68 Å². The summed E-state index contributed by atoms with van der Waals surface area (Å²) in [6, 6.07) is 0.627. The van der Waals surface area contributed by atoms with Crippen molar-refractivity contribution < 1.29 is 4.74 Å². The van der Waals surface area contributed by atoms with Gasteiger partial charge >= 0.3 is 0 Å². The van der Waals surface area contributed by atoms with Gasteiger partial charge in [0, 0.05) is 19.3 Å². The summed E-state index contributed by atoms with van der Waals surface area (Å²) in [4.78, 5) is 0. The predicted octanol–water partition coefficient (Wildman–Crippen LogP) is 3.16. The van der Waals surface area contributed by atoms with Crippen molar-refractivity contribution in [1.29, 1.82) is 0 Å². The molecular weight excluding hydrogens is 238 g/mol. The van der Waals surface area contributed by atoms with Gasteiger partial charge in [-0.2, -0.15) is 5.10 Å². The summed E-state index contributed by atoms with van der Waals surface area (Å²) >= 11 is 0. The molecule has 1 aliphatic carbocycles. The van der Waals surface area contributed by atoms with E-state index in [-0.39, 0.29) is 0 Å². The standard InChI is InChI=1S/C15H27N3O/c1-12(2)4-7-15(13-5-6-13)17-14-10-16-18(11-14)8-9-19-3/h10-13,15,17H,4-9H2,1-3H3. The molecule has 1 saturated carbocycles. The fourth-order valence-corrected chi connectivity index (χ4v) is 2.40. The van der Waals surface area contributed by atoms with Crippen molar-refractivity contribution in [2.45, 2.75) is 52.1 Å². The van der Waals surface area contributed by atoms with Crippen molar-refractivity contribution >= 4 is 5.69 Å². The molecular formula is C15H27N3O. The van der Waals surface area contributed by atoms with Gasteiger partial charge in [0.2, 0.25) is 0 Å². The van der Waals surface area contributed by atoms with Crippen LogP contribution in [0.1, 0.15) is 39.5 Å². The van der Waals surface area contributed by atoms with Gasteiger partial charge in [0.25, 0.3) is 0 Å². The van der Waals surface area contributed by atoms with E-state index < -0.39 is 0 Å². The molecule has 1 aromatic rings. The fourth-order valence-electron chi connectivity index (χ4n) is 2.40. The number of ether oxygens (including phenoxy) is 1. The third kappa shape index (κ3) is 4.86. The van der Waals surface area contributed by atoms with E-state index in [0.717, 1.165) is 24.1 Å². The molecule has 1 fully saturated rings. The summed E-state index contributed by atoms with van der Waals surface area (Å²) < 4.78 is 7.01. The molecule has 1 N–H and O–H groups in total. The third-order valence-electron chi connectivity index (χ3n) is 3.76. The smallest absolute Gasteiger partial charge is 0.0728 e. The molecule has 2 rings (SSSR count). The highest BCUT2D eigenvalue weighted by molar-refractivity contribution is 5.39. The molecule has 4 nitrogen and oxygen atoms in total. The Morgan fingerprint density at radius 1 is 1.42 bits per heavy atom. The zero-order valence-electron chi connectivity index (χ0n) is 12.4. The van der Waals surface area contributed by atoms with Crippen LogP contribution in [0.25, 0.3) is 0 Å². The largest absolute Gasteiger partial charge is 0.383 e. The van der Waals surface area contributed by atoms with Crippen LogP contribution in [0.4, 0.5) is 5.69 Å². The zero-order valence-corrected chi connectivity index (χ0v) is 12.4. The number of nitrogens with one attached hydrogen (secondary N) is 1. The van der Waals surface area contributed by atoms with Gasteiger partial charge in [-0.05, 0) is 37.5 Å². The molecule has 1 aromatic heterocycles. The quantitative estimate of drug-likeness (QED) is 0.745. The number of aromatic nitrogens is 2. The second-order valence-electron chi connectivity index (χ2n) is 6.04. The number of hydrogen-bond acceptors (Lipinski definition) is 3. The lowest BCUT2D eigenvalue weighted by Crippen LogP contribution is -2.22.